The third-order valence-electron chi connectivity index (χ3n) is 3.74. The molecule has 2 rings (SSSR count). The van der Waals surface area contributed by atoms with E-state index in [4.69, 9.17) is 0 Å². The van der Waals surface area contributed by atoms with Gasteiger partial charge in [-0.05, 0) is 68.0 Å². The Morgan fingerprint density at radius 3 is 1.86 bits per heavy atom. The predicted octanol–water partition coefficient (Wildman–Crippen LogP) is 5.55. The Balaban J connectivity index is 1.94. The van der Waals surface area contributed by atoms with Crippen LogP contribution in [0.1, 0.15) is 48.9 Å². The maximum absolute atomic E-state index is 3.24. The van der Waals surface area contributed by atoms with Crippen LogP contribution in [0.15, 0.2) is 60.7 Å². The van der Waals surface area contributed by atoms with E-state index >= 15 is 0 Å². The lowest BCUT2D eigenvalue weighted by Gasteiger charge is -2.00. The number of hydrogen-bond acceptors (Lipinski definition) is 0. The van der Waals surface area contributed by atoms with Crippen LogP contribution in [-0.2, 0) is 12.8 Å². The van der Waals surface area contributed by atoms with E-state index < -0.39 is 0 Å². The van der Waals surface area contributed by atoms with Gasteiger partial charge in [-0.2, -0.15) is 0 Å². The Morgan fingerprint density at radius 1 is 0.818 bits per heavy atom. The molecule has 2 aromatic rings. The van der Waals surface area contributed by atoms with E-state index in [1.165, 1.54) is 17.5 Å². The molecule has 0 atom stereocenters. The summed E-state index contributed by atoms with van der Waals surface area (Å²) in [4.78, 5) is 0. The van der Waals surface area contributed by atoms with Crippen LogP contribution in [0.2, 0.25) is 0 Å². The standard InChI is InChI=1S/C22H24/c1-3-5-6-7-8-20-13-15-22(16-14-20)18-17-21-11-9-19(4-2)10-12-21/h3,5,9-16H,4,6-8H2,1-2H3. The zero-order valence-electron chi connectivity index (χ0n) is 13.6. The summed E-state index contributed by atoms with van der Waals surface area (Å²) in [6, 6.07) is 17.1. The highest BCUT2D eigenvalue weighted by Crippen LogP contribution is 2.08. The van der Waals surface area contributed by atoms with Gasteiger partial charge in [0.2, 0.25) is 0 Å². The molecule has 0 radical (unpaired) electrons. The topological polar surface area (TPSA) is 0 Å². The van der Waals surface area contributed by atoms with Gasteiger partial charge in [0.05, 0.1) is 0 Å². The van der Waals surface area contributed by atoms with E-state index in [9.17, 15) is 0 Å². The summed E-state index contributed by atoms with van der Waals surface area (Å²) >= 11 is 0. The largest absolute Gasteiger partial charge is 0.0917 e. The molecule has 0 aromatic heterocycles. The Morgan fingerprint density at radius 2 is 1.36 bits per heavy atom. The summed E-state index contributed by atoms with van der Waals surface area (Å²) in [5.74, 6) is 6.47. The second-order valence-corrected chi connectivity index (χ2v) is 5.46. The molecule has 0 fully saturated rings. The van der Waals surface area contributed by atoms with Crippen LogP contribution < -0.4 is 0 Å². The van der Waals surface area contributed by atoms with Gasteiger partial charge in [-0.1, -0.05) is 55.2 Å². The van der Waals surface area contributed by atoms with Crippen molar-refractivity contribution in [1.82, 2.24) is 0 Å². The van der Waals surface area contributed by atoms with E-state index in [0.717, 1.165) is 30.4 Å². The van der Waals surface area contributed by atoms with Crippen molar-refractivity contribution in [3.05, 3.63) is 82.9 Å². The smallest absolute Gasteiger partial charge is 0.0249 e. The summed E-state index contributed by atoms with van der Waals surface area (Å²) in [7, 11) is 0. The van der Waals surface area contributed by atoms with Crippen LogP contribution >= 0.6 is 0 Å². The van der Waals surface area contributed by atoms with Gasteiger partial charge in [0.1, 0.15) is 0 Å². The number of hydrogen-bond donors (Lipinski definition) is 0. The van der Waals surface area contributed by atoms with Gasteiger partial charge >= 0.3 is 0 Å². The summed E-state index contributed by atoms with van der Waals surface area (Å²) < 4.78 is 0. The molecule has 0 bridgehead atoms. The molecule has 0 spiro atoms. The predicted molar refractivity (Wildman–Crippen MR) is 96.0 cm³/mol. The monoisotopic (exact) mass is 288 g/mol. The average molecular weight is 288 g/mol. The zero-order valence-corrected chi connectivity index (χ0v) is 13.6. The molecule has 0 saturated heterocycles. The zero-order chi connectivity index (χ0) is 15.6. The fourth-order valence-corrected chi connectivity index (χ4v) is 2.31. The molecular formula is C22H24. The average Bonchev–Trinajstić information content (AvgIpc) is 2.58. The van der Waals surface area contributed by atoms with E-state index in [1.54, 1.807) is 0 Å². The number of allylic oxidation sites excluding steroid dienone is 2. The minimum Gasteiger partial charge on any atom is -0.0917 e. The van der Waals surface area contributed by atoms with E-state index in [0.29, 0.717) is 0 Å². The van der Waals surface area contributed by atoms with Crippen LogP contribution in [-0.4, -0.2) is 0 Å². The van der Waals surface area contributed by atoms with Crippen LogP contribution in [0.4, 0.5) is 0 Å². The molecule has 0 aliphatic rings. The highest BCUT2D eigenvalue weighted by atomic mass is 14.0. The molecule has 0 heteroatoms. The normalized spacial score (nSPS) is 10.5. The molecule has 0 unspecified atom stereocenters. The van der Waals surface area contributed by atoms with Gasteiger partial charge in [-0.15, -0.1) is 0 Å². The van der Waals surface area contributed by atoms with E-state index in [1.807, 2.05) is 0 Å². The van der Waals surface area contributed by atoms with Gasteiger partial charge in [0, 0.05) is 11.1 Å². The Hall–Kier alpha value is -2.26. The van der Waals surface area contributed by atoms with Gasteiger partial charge in [-0.3, -0.25) is 0 Å². The van der Waals surface area contributed by atoms with Crippen molar-refractivity contribution in [2.24, 2.45) is 0 Å². The molecule has 112 valence electrons. The molecule has 0 aliphatic carbocycles. The van der Waals surface area contributed by atoms with E-state index in [2.05, 4.69) is 86.4 Å². The van der Waals surface area contributed by atoms with Crippen molar-refractivity contribution in [3.63, 3.8) is 0 Å². The fraction of sp³-hybridized carbons (Fsp3) is 0.273. The SMILES string of the molecule is CC=CCCCc1ccc(C#Cc2ccc(CC)cc2)cc1. The molecule has 0 N–H and O–H groups in total. The first-order valence-corrected chi connectivity index (χ1v) is 8.13. The van der Waals surface area contributed by atoms with Crippen LogP contribution in [0.25, 0.3) is 0 Å². The second kappa shape index (κ2) is 8.90. The Kier molecular flexibility index (Phi) is 6.52. The van der Waals surface area contributed by atoms with Gasteiger partial charge in [0.15, 0.2) is 0 Å². The highest BCUT2D eigenvalue weighted by molar-refractivity contribution is 5.44. The van der Waals surface area contributed by atoms with Crippen molar-refractivity contribution in [2.45, 2.75) is 39.5 Å². The lowest BCUT2D eigenvalue weighted by atomic mass is 10.1. The minimum atomic E-state index is 1.07. The first-order valence-electron chi connectivity index (χ1n) is 8.13. The number of benzene rings is 2. The van der Waals surface area contributed by atoms with Gasteiger partial charge in [0.25, 0.3) is 0 Å². The van der Waals surface area contributed by atoms with Crippen molar-refractivity contribution in [2.75, 3.05) is 0 Å². The third kappa shape index (κ3) is 5.26. The third-order valence-corrected chi connectivity index (χ3v) is 3.74. The molecule has 0 saturated carbocycles. The lowest BCUT2D eigenvalue weighted by Crippen LogP contribution is -1.85. The first kappa shape index (κ1) is 16.1. The van der Waals surface area contributed by atoms with Crippen LogP contribution in [0.3, 0.4) is 0 Å². The Labute approximate surface area is 134 Å². The summed E-state index contributed by atoms with van der Waals surface area (Å²) in [6.45, 7) is 4.24. The van der Waals surface area contributed by atoms with Gasteiger partial charge < -0.3 is 0 Å². The number of unbranched alkanes of at least 4 members (excludes halogenated alkanes) is 1. The second-order valence-electron chi connectivity index (χ2n) is 5.46. The van der Waals surface area contributed by atoms with Crippen molar-refractivity contribution >= 4 is 0 Å². The fourth-order valence-electron chi connectivity index (χ4n) is 2.31. The minimum absolute atomic E-state index is 1.07. The summed E-state index contributed by atoms with van der Waals surface area (Å²) in [5, 5.41) is 0. The molecule has 0 heterocycles. The van der Waals surface area contributed by atoms with Crippen molar-refractivity contribution < 1.29 is 0 Å². The number of rotatable bonds is 5. The highest BCUT2D eigenvalue weighted by Gasteiger charge is 1.93. The lowest BCUT2D eigenvalue weighted by molar-refractivity contribution is 0.842. The van der Waals surface area contributed by atoms with E-state index in [-0.39, 0.29) is 0 Å². The quantitative estimate of drug-likeness (QED) is 0.384. The molecular weight excluding hydrogens is 264 g/mol. The summed E-state index contributed by atoms with van der Waals surface area (Å²) in [5.41, 5.74) is 4.90. The maximum atomic E-state index is 3.24. The molecule has 0 aliphatic heterocycles. The van der Waals surface area contributed by atoms with Crippen LogP contribution in [0.5, 0.6) is 0 Å². The first-order chi connectivity index (χ1) is 10.8. The van der Waals surface area contributed by atoms with Crippen molar-refractivity contribution in [3.8, 4) is 11.8 Å². The van der Waals surface area contributed by atoms with Crippen molar-refractivity contribution in [1.29, 1.82) is 0 Å². The summed E-state index contributed by atoms with van der Waals surface area (Å²) in [6.07, 6.45) is 8.92. The Bertz CT molecular complexity index is 646. The number of aryl methyl sites for hydroxylation is 2. The molecule has 22 heavy (non-hydrogen) atoms. The molecule has 0 nitrogen and oxygen atoms in total. The maximum Gasteiger partial charge on any atom is 0.0249 e. The molecule has 0 amide bonds. The molecule has 2 aromatic carbocycles. The van der Waals surface area contributed by atoms with Crippen LogP contribution in [0, 0.1) is 11.8 Å². The van der Waals surface area contributed by atoms with Gasteiger partial charge in [-0.25, -0.2) is 0 Å².